The quantitative estimate of drug-likeness (QED) is 0.443. The van der Waals surface area contributed by atoms with Crippen molar-refractivity contribution < 1.29 is 4.79 Å². The van der Waals surface area contributed by atoms with E-state index in [-0.39, 0.29) is 5.91 Å². The lowest BCUT2D eigenvalue weighted by Gasteiger charge is -1.91. The average molecular weight is 239 g/mol. The molecule has 0 aliphatic heterocycles. The number of hydrogen-bond donors (Lipinski definition) is 1. The molecule has 2 nitrogen and oxygen atoms in total. The molecule has 0 unspecified atom stereocenters. The van der Waals surface area contributed by atoms with Crippen molar-refractivity contribution in [2.75, 3.05) is 0 Å². The molecule has 0 atom stereocenters. The predicted molar refractivity (Wildman–Crippen MR) is 46.1 cm³/mol. The first-order valence-electron chi connectivity index (χ1n) is 2.75. The van der Waals surface area contributed by atoms with Gasteiger partial charge in [0.1, 0.15) is 0 Å². The fourth-order valence-corrected chi connectivity index (χ4v) is 0.491. The van der Waals surface area contributed by atoms with Gasteiger partial charge in [-0.25, -0.2) is 0 Å². The molecule has 0 saturated carbocycles. The molecule has 3 heteroatoms. The van der Waals surface area contributed by atoms with Gasteiger partial charge in [-0.2, -0.15) is 0 Å². The number of allylic oxidation sites excluding steroid dienone is 1. The van der Waals surface area contributed by atoms with Crippen LogP contribution in [0.2, 0.25) is 0 Å². The van der Waals surface area contributed by atoms with Gasteiger partial charge in [-0.1, -0.05) is 19.9 Å². The van der Waals surface area contributed by atoms with Crippen molar-refractivity contribution in [3.8, 4) is 0 Å². The fraction of sp³-hybridized carbons (Fsp3) is 0.500. The molecule has 0 fully saturated rings. The van der Waals surface area contributed by atoms with Crippen molar-refractivity contribution in [3.63, 3.8) is 0 Å². The highest BCUT2D eigenvalue weighted by molar-refractivity contribution is 14.1. The highest BCUT2D eigenvalue weighted by Gasteiger charge is 1.89. The highest BCUT2D eigenvalue weighted by Crippen LogP contribution is 1.92. The summed E-state index contributed by atoms with van der Waals surface area (Å²) in [5.74, 6) is 0.392. The van der Waals surface area contributed by atoms with E-state index in [2.05, 4.69) is 3.53 Å². The van der Waals surface area contributed by atoms with Gasteiger partial charge in [0.2, 0.25) is 0 Å². The van der Waals surface area contributed by atoms with Crippen LogP contribution in [0, 0.1) is 5.92 Å². The molecule has 1 N–H and O–H groups in total. The van der Waals surface area contributed by atoms with Crippen molar-refractivity contribution in [1.82, 2.24) is 3.53 Å². The summed E-state index contributed by atoms with van der Waals surface area (Å²) in [6.45, 7) is 4.05. The van der Waals surface area contributed by atoms with E-state index in [1.807, 2.05) is 42.8 Å². The molecule has 0 aliphatic rings. The number of carbonyl (C=O) groups is 1. The Morgan fingerprint density at radius 2 is 2.22 bits per heavy atom. The molecule has 0 spiro atoms. The summed E-state index contributed by atoms with van der Waals surface area (Å²) in [6.07, 6.45) is 3.39. The summed E-state index contributed by atoms with van der Waals surface area (Å²) in [4.78, 5) is 10.5. The zero-order chi connectivity index (χ0) is 7.28. The van der Waals surface area contributed by atoms with Gasteiger partial charge < -0.3 is 0 Å². The molecular weight excluding hydrogens is 229 g/mol. The molecule has 0 bridgehead atoms. The van der Waals surface area contributed by atoms with Gasteiger partial charge in [-0.3, -0.25) is 8.32 Å². The molecule has 0 aromatic rings. The lowest BCUT2D eigenvalue weighted by atomic mass is 10.2. The van der Waals surface area contributed by atoms with Crippen molar-refractivity contribution in [3.05, 3.63) is 12.2 Å². The van der Waals surface area contributed by atoms with Crippen molar-refractivity contribution in [2.45, 2.75) is 13.8 Å². The Bertz CT molecular complexity index is 120. The molecule has 52 valence electrons. The zero-order valence-corrected chi connectivity index (χ0v) is 7.68. The Balaban J connectivity index is 3.57. The maximum absolute atomic E-state index is 10.5. The summed E-state index contributed by atoms with van der Waals surface area (Å²) < 4.78 is 2.46. The molecular formula is C6H10INO. The monoisotopic (exact) mass is 239 g/mol. The molecule has 0 saturated heterocycles. The minimum atomic E-state index is -0.0516. The third-order valence-electron chi connectivity index (χ3n) is 0.726. The van der Waals surface area contributed by atoms with Crippen LogP contribution in [0.25, 0.3) is 0 Å². The summed E-state index contributed by atoms with van der Waals surface area (Å²) in [7, 11) is 0. The Morgan fingerprint density at radius 3 is 2.56 bits per heavy atom. The number of halogens is 1. The third-order valence-corrected chi connectivity index (χ3v) is 1.26. The van der Waals surface area contributed by atoms with E-state index < -0.39 is 0 Å². The highest BCUT2D eigenvalue weighted by atomic mass is 127. The fourth-order valence-electron chi connectivity index (χ4n) is 0.311. The molecule has 1 amide bonds. The normalized spacial score (nSPS) is 10.7. The van der Waals surface area contributed by atoms with Crippen LogP contribution >= 0.6 is 22.9 Å². The Hall–Kier alpha value is -0.0600. The minimum absolute atomic E-state index is 0.0516. The predicted octanol–water partition coefficient (Wildman–Crippen LogP) is 1.66. The molecule has 0 heterocycles. The topological polar surface area (TPSA) is 29.1 Å². The summed E-state index contributed by atoms with van der Waals surface area (Å²) in [5.41, 5.74) is 0. The maximum Gasteiger partial charge on any atom is 0.252 e. The van der Waals surface area contributed by atoms with Crippen LogP contribution in [0.15, 0.2) is 12.2 Å². The smallest absolute Gasteiger partial charge is 0.252 e. The van der Waals surface area contributed by atoms with Crippen LogP contribution in [0.4, 0.5) is 0 Å². The third kappa shape index (κ3) is 5.82. The number of amides is 1. The second-order valence-electron chi connectivity index (χ2n) is 2.06. The van der Waals surface area contributed by atoms with Crippen LogP contribution in [-0.2, 0) is 4.79 Å². The first-order valence-corrected chi connectivity index (χ1v) is 3.83. The molecule has 0 aromatic carbocycles. The standard InChI is InChI=1S/C6H10INO/c1-5(2)3-4-6(9)8-7/h3-5H,1-2H3,(H,8,9)/b4-3-. The summed E-state index contributed by atoms with van der Waals surface area (Å²) in [6, 6.07) is 0. The van der Waals surface area contributed by atoms with Crippen molar-refractivity contribution in [2.24, 2.45) is 5.92 Å². The Kier molecular flexibility index (Phi) is 4.75. The van der Waals surface area contributed by atoms with E-state index in [9.17, 15) is 4.79 Å². The van der Waals surface area contributed by atoms with Gasteiger partial charge in [-0.15, -0.1) is 0 Å². The molecule has 0 aromatic heterocycles. The SMILES string of the molecule is CC(C)/C=C\C(=O)NI. The molecule has 9 heavy (non-hydrogen) atoms. The number of rotatable bonds is 2. The largest absolute Gasteiger partial charge is 0.295 e. The lowest BCUT2D eigenvalue weighted by Crippen LogP contribution is -2.06. The molecule has 0 radical (unpaired) electrons. The van der Waals surface area contributed by atoms with Crippen LogP contribution in [0.3, 0.4) is 0 Å². The van der Waals surface area contributed by atoms with Crippen molar-refractivity contribution >= 4 is 28.8 Å². The van der Waals surface area contributed by atoms with Crippen LogP contribution in [0.1, 0.15) is 13.8 Å². The van der Waals surface area contributed by atoms with E-state index in [4.69, 9.17) is 0 Å². The summed E-state index contributed by atoms with van der Waals surface area (Å²) in [5, 5.41) is 0. The number of nitrogens with one attached hydrogen (secondary N) is 1. The van der Waals surface area contributed by atoms with Crippen LogP contribution < -0.4 is 3.53 Å². The molecule has 0 aliphatic carbocycles. The Morgan fingerprint density at radius 1 is 1.67 bits per heavy atom. The van der Waals surface area contributed by atoms with Crippen molar-refractivity contribution in [1.29, 1.82) is 0 Å². The van der Waals surface area contributed by atoms with Gasteiger partial charge in [0.25, 0.3) is 5.91 Å². The van der Waals surface area contributed by atoms with Gasteiger partial charge >= 0.3 is 0 Å². The lowest BCUT2D eigenvalue weighted by molar-refractivity contribution is -0.114. The number of hydrogen-bond acceptors (Lipinski definition) is 1. The van der Waals surface area contributed by atoms with E-state index in [0.29, 0.717) is 5.92 Å². The van der Waals surface area contributed by atoms with Gasteiger partial charge in [0.15, 0.2) is 0 Å². The van der Waals surface area contributed by atoms with Crippen LogP contribution in [-0.4, -0.2) is 5.91 Å². The second kappa shape index (κ2) is 4.78. The average Bonchev–Trinajstić information content (AvgIpc) is 1.83. The van der Waals surface area contributed by atoms with Crippen LogP contribution in [0.5, 0.6) is 0 Å². The zero-order valence-electron chi connectivity index (χ0n) is 5.52. The van der Waals surface area contributed by atoms with Gasteiger partial charge in [0, 0.05) is 0 Å². The Labute approximate surface area is 69.2 Å². The first-order chi connectivity index (χ1) is 4.16. The summed E-state index contributed by atoms with van der Waals surface area (Å²) >= 11 is 1.81. The minimum Gasteiger partial charge on any atom is -0.295 e. The second-order valence-corrected chi connectivity index (χ2v) is 2.60. The van der Waals surface area contributed by atoms with E-state index in [1.54, 1.807) is 0 Å². The van der Waals surface area contributed by atoms with E-state index >= 15 is 0 Å². The van der Waals surface area contributed by atoms with E-state index in [1.165, 1.54) is 6.08 Å². The maximum atomic E-state index is 10.5. The number of carbonyl (C=O) groups excluding carboxylic acids is 1. The van der Waals surface area contributed by atoms with E-state index in [0.717, 1.165) is 0 Å². The first kappa shape index (κ1) is 8.94. The van der Waals surface area contributed by atoms with Gasteiger partial charge in [0.05, 0.1) is 22.9 Å². The van der Waals surface area contributed by atoms with Gasteiger partial charge in [-0.05, 0) is 12.0 Å². The molecule has 0 rings (SSSR count).